The predicted octanol–water partition coefficient (Wildman–Crippen LogP) is 4.62. The van der Waals surface area contributed by atoms with Crippen LogP contribution in [0.4, 0.5) is 0 Å². The van der Waals surface area contributed by atoms with Gasteiger partial charge in [-0.25, -0.2) is 4.98 Å². The van der Waals surface area contributed by atoms with Crippen LogP contribution in [0.15, 0.2) is 18.2 Å². The number of aromatic nitrogens is 2. The summed E-state index contributed by atoms with van der Waals surface area (Å²) in [7, 11) is 0. The standard InChI is InChI=1S/C18H19N3S/c1-5-15-13(4)22-18-20-17(16(8-9-19)21(15)18)14-7-6-11(2)12(3)10-14/h6-7,10H,5,8H2,1-4H3. The zero-order chi connectivity index (χ0) is 15.9. The Labute approximate surface area is 134 Å². The van der Waals surface area contributed by atoms with Crippen molar-refractivity contribution in [3.05, 3.63) is 45.6 Å². The molecule has 0 amide bonds. The van der Waals surface area contributed by atoms with Crippen LogP contribution in [0.2, 0.25) is 0 Å². The average molecular weight is 309 g/mol. The molecule has 22 heavy (non-hydrogen) atoms. The Balaban J connectivity index is 2.29. The SMILES string of the molecule is CCc1c(C)sc2nc(-c3ccc(C)c(C)c3)c(CC#N)n12. The van der Waals surface area contributed by atoms with E-state index in [0.717, 1.165) is 28.3 Å². The van der Waals surface area contributed by atoms with Crippen LogP contribution in [0, 0.1) is 32.1 Å². The summed E-state index contributed by atoms with van der Waals surface area (Å²) in [6.07, 6.45) is 1.33. The second-order valence-electron chi connectivity index (χ2n) is 5.62. The molecule has 0 saturated carbocycles. The molecule has 0 spiro atoms. The van der Waals surface area contributed by atoms with E-state index >= 15 is 0 Å². The fraction of sp³-hybridized carbons (Fsp3) is 0.333. The molecule has 0 aliphatic heterocycles. The molecule has 3 nitrogen and oxygen atoms in total. The summed E-state index contributed by atoms with van der Waals surface area (Å²) in [5, 5.41) is 9.25. The van der Waals surface area contributed by atoms with E-state index in [1.54, 1.807) is 11.3 Å². The lowest BCUT2D eigenvalue weighted by molar-refractivity contribution is 0.942. The van der Waals surface area contributed by atoms with Crippen molar-refractivity contribution in [2.75, 3.05) is 0 Å². The maximum atomic E-state index is 9.25. The number of aryl methyl sites for hydroxylation is 4. The summed E-state index contributed by atoms with van der Waals surface area (Å²) < 4.78 is 2.19. The normalized spacial score (nSPS) is 11.0. The van der Waals surface area contributed by atoms with Crippen LogP contribution in [-0.2, 0) is 12.8 Å². The molecule has 0 bridgehead atoms. The molecule has 112 valence electrons. The number of nitrogens with zero attached hydrogens (tertiary/aromatic N) is 3. The summed E-state index contributed by atoms with van der Waals surface area (Å²) >= 11 is 1.71. The van der Waals surface area contributed by atoms with Crippen molar-refractivity contribution >= 4 is 16.3 Å². The van der Waals surface area contributed by atoms with Gasteiger partial charge in [-0.3, -0.25) is 4.40 Å². The van der Waals surface area contributed by atoms with Gasteiger partial charge in [-0.2, -0.15) is 5.26 Å². The van der Waals surface area contributed by atoms with Gasteiger partial charge in [-0.1, -0.05) is 19.1 Å². The van der Waals surface area contributed by atoms with Crippen LogP contribution >= 0.6 is 11.3 Å². The zero-order valence-corrected chi connectivity index (χ0v) is 14.2. The number of hydrogen-bond donors (Lipinski definition) is 0. The molecule has 1 aromatic carbocycles. The van der Waals surface area contributed by atoms with Crippen LogP contribution in [-0.4, -0.2) is 9.38 Å². The number of imidazole rings is 1. The third-order valence-electron chi connectivity index (χ3n) is 4.22. The zero-order valence-electron chi connectivity index (χ0n) is 13.4. The van der Waals surface area contributed by atoms with E-state index in [1.165, 1.54) is 21.7 Å². The Morgan fingerprint density at radius 2 is 1.95 bits per heavy atom. The molecular weight excluding hydrogens is 290 g/mol. The molecule has 4 heteroatoms. The van der Waals surface area contributed by atoms with E-state index in [-0.39, 0.29) is 0 Å². The lowest BCUT2D eigenvalue weighted by Gasteiger charge is -2.06. The quantitative estimate of drug-likeness (QED) is 0.708. The minimum Gasteiger partial charge on any atom is -0.290 e. The molecule has 0 unspecified atom stereocenters. The maximum Gasteiger partial charge on any atom is 0.194 e. The topological polar surface area (TPSA) is 41.1 Å². The highest BCUT2D eigenvalue weighted by molar-refractivity contribution is 7.17. The first-order valence-electron chi connectivity index (χ1n) is 7.51. The lowest BCUT2D eigenvalue weighted by atomic mass is 10.0. The Bertz CT molecular complexity index is 893. The Hall–Kier alpha value is -2.12. The van der Waals surface area contributed by atoms with Gasteiger partial charge in [-0.05, 0) is 44.4 Å². The van der Waals surface area contributed by atoms with E-state index in [2.05, 4.69) is 56.4 Å². The van der Waals surface area contributed by atoms with Crippen LogP contribution in [0.5, 0.6) is 0 Å². The molecule has 0 atom stereocenters. The van der Waals surface area contributed by atoms with Crippen molar-refractivity contribution in [3.8, 4) is 17.3 Å². The van der Waals surface area contributed by atoms with Crippen molar-refractivity contribution in [3.63, 3.8) is 0 Å². The van der Waals surface area contributed by atoms with Gasteiger partial charge in [0.25, 0.3) is 0 Å². The van der Waals surface area contributed by atoms with E-state index in [4.69, 9.17) is 4.98 Å². The first-order chi connectivity index (χ1) is 10.6. The van der Waals surface area contributed by atoms with Gasteiger partial charge >= 0.3 is 0 Å². The summed E-state index contributed by atoms with van der Waals surface area (Å²) in [5.41, 5.74) is 6.87. The highest BCUT2D eigenvalue weighted by Gasteiger charge is 2.19. The number of nitriles is 1. The van der Waals surface area contributed by atoms with Gasteiger partial charge < -0.3 is 0 Å². The fourth-order valence-corrected chi connectivity index (χ4v) is 3.97. The van der Waals surface area contributed by atoms with E-state index in [0.29, 0.717) is 6.42 Å². The highest BCUT2D eigenvalue weighted by atomic mass is 32.1. The number of hydrogen-bond acceptors (Lipinski definition) is 3. The maximum absolute atomic E-state index is 9.25. The van der Waals surface area contributed by atoms with Crippen molar-refractivity contribution in [2.45, 2.75) is 40.5 Å². The molecule has 0 aliphatic rings. The molecule has 3 aromatic rings. The number of fused-ring (bicyclic) bond motifs is 1. The van der Waals surface area contributed by atoms with E-state index in [1.807, 2.05) is 0 Å². The van der Waals surface area contributed by atoms with Gasteiger partial charge in [0.2, 0.25) is 0 Å². The molecule has 2 aromatic heterocycles. The third-order valence-corrected chi connectivity index (χ3v) is 5.22. The molecule has 0 N–H and O–H groups in total. The van der Waals surface area contributed by atoms with Crippen LogP contribution < -0.4 is 0 Å². The number of rotatable bonds is 3. The second kappa shape index (κ2) is 5.58. The molecule has 0 saturated heterocycles. The Kier molecular flexibility index (Phi) is 3.76. The monoisotopic (exact) mass is 309 g/mol. The minimum atomic E-state index is 0.382. The number of thiazole rings is 1. The number of benzene rings is 1. The average Bonchev–Trinajstić information content (AvgIpc) is 2.98. The third kappa shape index (κ3) is 2.22. The van der Waals surface area contributed by atoms with Crippen molar-refractivity contribution < 1.29 is 0 Å². The van der Waals surface area contributed by atoms with Crippen LogP contribution in [0.25, 0.3) is 16.2 Å². The highest BCUT2D eigenvalue weighted by Crippen LogP contribution is 2.32. The molecule has 3 rings (SSSR count). The summed E-state index contributed by atoms with van der Waals surface area (Å²) in [5.74, 6) is 0. The summed E-state index contributed by atoms with van der Waals surface area (Å²) in [6.45, 7) is 8.51. The Morgan fingerprint density at radius 3 is 2.59 bits per heavy atom. The lowest BCUT2D eigenvalue weighted by Crippen LogP contribution is -1.98. The molecule has 0 aliphatic carbocycles. The smallest absolute Gasteiger partial charge is 0.194 e. The summed E-state index contributed by atoms with van der Waals surface area (Å²) in [4.78, 5) is 7.11. The van der Waals surface area contributed by atoms with E-state index < -0.39 is 0 Å². The van der Waals surface area contributed by atoms with Crippen LogP contribution in [0.3, 0.4) is 0 Å². The van der Waals surface area contributed by atoms with Gasteiger partial charge in [0.1, 0.15) is 0 Å². The first-order valence-corrected chi connectivity index (χ1v) is 8.32. The molecule has 2 heterocycles. The van der Waals surface area contributed by atoms with Gasteiger partial charge in [0, 0.05) is 16.1 Å². The van der Waals surface area contributed by atoms with Crippen molar-refractivity contribution in [2.24, 2.45) is 0 Å². The molecular formula is C18H19N3S. The van der Waals surface area contributed by atoms with Crippen molar-refractivity contribution in [1.82, 2.24) is 9.38 Å². The van der Waals surface area contributed by atoms with Gasteiger partial charge in [0.05, 0.1) is 23.9 Å². The first kappa shape index (κ1) is 14.8. The Morgan fingerprint density at radius 1 is 1.18 bits per heavy atom. The predicted molar refractivity (Wildman–Crippen MR) is 91.4 cm³/mol. The minimum absolute atomic E-state index is 0.382. The van der Waals surface area contributed by atoms with Gasteiger partial charge in [-0.15, -0.1) is 11.3 Å². The molecule has 0 radical (unpaired) electrons. The van der Waals surface area contributed by atoms with Crippen molar-refractivity contribution in [1.29, 1.82) is 5.26 Å². The van der Waals surface area contributed by atoms with E-state index in [9.17, 15) is 5.26 Å². The largest absolute Gasteiger partial charge is 0.290 e. The second-order valence-corrected chi connectivity index (χ2v) is 6.80. The van der Waals surface area contributed by atoms with Gasteiger partial charge in [0.15, 0.2) is 4.96 Å². The molecule has 0 fully saturated rings. The fourth-order valence-electron chi connectivity index (χ4n) is 2.90. The summed E-state index contributed by atoms with van der Waals surface area (Å²) in [6, 6.07) is 8.70. The van der Waals surface area contributed by atoms with Crippen LogP contribution in [0.1, 0.15) is 34.3 Å².